The van der Waals surface area contributed by atoms with E-state index in [9.17, 15) is 0 Å². The molecule has 1 saturated heterocycles. The van der Waals surface area contributed by atoms with Gasteiger partial charge in [0.1, 0.15) is 0 Å². The summed E-state index contributed by atoms with van der Waals surface area (Å²) in [5.74, 6) is 1.83. The SMILES string of the molecule is CC1CCCCC1CN1CCNC(C)(c2ccccc2)C1. The van der Waals surface area contributed by atoms with Crippen LogP contribution in [0.1, 0.15) is 45.1 Å². The highest BCUT2D eigenvalue weighted by atomic mass is 15.2. The van der Waals surface area contributed by atoms with Gasteiger partial charge in [0.25, 0.3) is 0 Å². The summed E-state index contributed by atoms with van der Waals surface area (Å²) in [4.78, 5) is 2.70. The molecule has 0 amide bonds. The van der Waals surface area contributed by atoms with Gasteiger partial charge in [-0.15, -0.1) is 0 Å². The molecule has 0 bridgehead atoms. The number of nitrogens with one attached hydrogen (secondary N) is 1. The molecule has 2 aliphatic rings. The van der Waals surface area contributed by atoms with E-state index >= 15 is 0 Å². The van der Waals surface area contributed by atoms with Gasteiger partial charge >= 0.3 is 0 Å². The Bertz CT molecular complexity index is 444. The van der Waals surface area contributed by atoms with Crippen LogP contribution in [0.15, 0.2) is 30.3 Å². The van der Waals surface area contributed by atoms with Crippen molar-refractivity contribution in [2.75, 3.05) is 26.2 Å². The molecule has 2 nitrogen and oxygen atoms in total. The van der Waals surface area contributed by atoms with E-state index < -0.39 is 0 Å². The summed E-state index contributed by atoms with van der Waals surface area (Å²) in [5.41, 5.74) is 1.53. The van der Waals surface area contributed by atoms with Crippen molar-refractivity contribution in [3.05, 3.63) is 35.9 Å². The normalized spacial score (nSPS) is 34.8. The van der Waals surface area contributed by atoms with Crippen LogP contribution in [0.25, 0.3) is 0 Å². The minimum absolute atomic E-state index is 0.109. The van der Waals surface area contributed by atoms with Gasteiger partial charge in [-0.25, -0.2) is 0 Å². The van der Waals surface area contributed by atoms with E-state index in [1.165, 1.54) is 44.3 Å². The number of hydrogen-bond acceptors (Lipinski definition) is 2. The second kappa shape index (κ2) is 6.50. The molecule has 1 aliphatic carbocycles. The first kappa shape index (κ1) is 15.1. The van der Waals surface area contributed by atoms with Crippen LogP contribution in [0.4, 0.5) is 0 Å². The van der Waals surface area contributed by atoms with Gasteiger partial charge in [-0.05, 0) is 30.7 Å². The number of benzene rings is 1. The van der Waals surface area contributed by atoms with Gasteiger partial charge in [0.15, 0.2) is 0 Å². The third-order valence-corrected chi connectivity index (χ3v) is 5.68. The molecule has 1 N–H and O–H groups in total. The van der Waals surface area contributed by atoms with E-state index in [-0.39, 0.29) is 5.54 Å². The van der Waals surface area contributed by atoms with Crippen LogP contribution in [0, 0.1) is 11.8 Å². The van der Waals surface area contributed by atoms with E-state index in [4.69, 9.17) is 0 Å². The zero-order chi connectivity index (χ0) is 14.7. The van der Waals surface area contributed by atoms with Crippen LogP contribution in [0.5, 0.6) is 0 Å². The monoisotopic (exact) mass is 286 g/mol. The van der Waals surface area contributed by atoms with Crippen LogP contribution >= 0.6 is 0 Å². The fraction of sp³-hybridized carbons (Fsp3) is 0.684. The van der Waals surface area contributed by atoms with Crippen molar-refractivity contribution in [2.24, 2.45) is 11.8 Å². The largest absolute Gasteiger partial charge is 0.305 e. The summed E-state index contributed by atoms with van der Waals surface area (Å²) in [5, 5.41) is 3.75. The minimum Gasteiger partial charge on any atom is -0.305 e. The van der Waals surface area contributed by atoms with E-state index in [0.717, 1.165) is 24.9 Å². The summed E-state index contributed by atoms with van der Waals surface area (Å²) in [6.45, 7) is 9.56. The second-order valence-electron chi connectivity index (χ2n) is 7.38. The van der Waals surface area contributed by atoms with Gasteiger partial charge in [-0.3, -0.25) is 4.90 Å². The molecule has 1 aromatic rings. The van der Waals surface area contributed by atoms with E-state index in [1.807, 2.05) is 0 Å². The second-order valence-corrected chi connectivity index (χ2v) is 7.38. The summed E-state index contributed by atoms with van der Waals surface area (Å²) >= 11 is 0. The van der Waals surface area contributed by atoms with Gasteiger partial charge in [0.05, 0.1) is 5.54 Å². The third-order valence-electron chi connectivity index (χ3n) is 5.68. The molecule has 3 unspecified atom stereocenters. The van der Waals surface area contributed by atoms with Gasteiger partial charge in [0, 0.05) is 26.2 Å². The molecule has 1 saturated carbocycles. The smallest absolute Gasteiger partial charge is 0.0535 e. The third kappa shape index (κ3) is 3.49. The van der Waals surface area contributed by atoms with Gasteiger partial charge in [0.2, 0.25) is 0 Å². The predicted molar refractivity (Wildman–Crippen MR) is 89.4 cm³/mol. The minimum atomic E-state index is 0.109. The highest BCUT2D eigenvalue weighted by molar-refractivity contribution is 5.24. The molecule has 2 heteroatoms. The van der Waals surface area contributed by atoms with E-state index in [0.29, 0.717) is 0 Å². The molecule has 0 aromatic heterocycles. The number of hydrogen-bond donors (Lipinski definition) is 1. The van der Waals surface area contributed by atoms with Gasteiger partial charge in [-0.1, -0.05) is 56.5 Å². The Morgan fingerprint density at radius 1 is 1.19 bits per heavy atom. The maximum Gasteiger partial charge on any atom is 0.0535 e. The van der Waals surface area contributed by atoms with Crippen molar-refractivity contribution >= 4 is 0 Å². The predicted octanol–water partition coefficient (Wildman–Crippen LogP) is 3.63. The quantitative estimate of drug-likeness (QED) is 0.913. The van der Waals surface area contributed by atoms with Crippen molar-refractivity contribution < 1.29 is 0 Å². The highest BCUT2D eigenvalue weighted by Gasteiger charge is 2.33. The Morgan fingerprint density at radius 3 is 2.71 bits per heavy atom. The van der Waals surface area contributed by atoms with E-state index in [1.54, 1.807) is 0 Å². The maximum absolute atomic E-state index is 3.75. The zero-order valence-corrected chi connectivity index (χ0v) is 13.6. The van der Waals surface area contributed by atoms with Crippen LogP contribution in [0.2, 0.25) is 0 Å². The Kier molecular flexibility index (Phi) is 4.66. The molecule has 0 spiro atoms. The molecule has 21 heavy (non-hydrogen) atoms. The lowest BCUT2D eigenvalue weighted by Crippen LogP contribution is -2.57. The average Bonchev–Trinajstić information content (AvgIpc) is 2.51. The molecule has 3 rings (SSSR count). The highest BCUT2D eigenvalue weighted by Crippen LogP contribution is 2.32. The Balaban J connectivity index is 1.65. The summed E-state index contributed by atoms with van der Waals surface area (Å²) in [6.07, 6.45) is 5.76. The Morgan fingerprint density at radius 2 is 1.95 bits per heavy atom. The fourth-order valence-electron chi connectivity index (χ4n) is 4.22. The Hall–Kier alpha value is -0.860. The standard InChI is InChI=1S/C19H30N2/c1-16-8-6-7-9-17(16)14-21-13-12-20-19(2,15-21)18-10-4-3-5-11-18/h3-5,10-11,16-17,20H,6-9,12-15H2,1-2H3. The molecular formula is C19H30N2. The Labute approximate surface area is 129 Å². The van der Waals surface area contributed by atoms with Crippen molar-refractivity contribution in [1.29, 1.82) is 0 Å². The van der Waals surface area contributed by atoms with Crippen LogP contribution in [0.3, 0.4) is 0 Å². The molecule has 2 fully saturated rings. The summed E-state index contributed by atoms with van der Waals surface area (Å²) in [6, 6.07) is 10.9. The lowest BCUT2D eigenvalue weighted by Gasteiger charge is -2.44. The van der Waals surface area contributed by atoms with Gasteiger partial charge < -0.3 is 5.32 Å². The van der Waals surface area contributed by atoms with Crippen molar-refractivity contribution in [2.45, 2.75) is 45.1 Å². The first-order valence-corrected chi connectivity index (χ1v) is 8.70. The summed E-state index contributed by atoms with van der Waals surface area (Å²) in [7, 11) is 0. The molecule has 1 aliphatic heterocycles. The van der Waals surface area contributed by atoms with Crippen LogP contribution in [-0.2, 0) is 5.54 Å². The summed E-state index contributed by atoms with van der Waals surface area (Å²) < 4.78 is 0. The van der Waals surface area contributed by atoms with E-state index in [2.05, 4.69) is 54.4 Å². The number of piperazine rings is 1. The van der Waals surface area contributed by atoms with Gasteiger partial charge in [-0.2, -0.15) is 0 Å². The molecule has 3 atom stereocenters. The molecule has 1 aromatic carbocycles. The molecule has 1 heterocycles. The molecule has 116 valence electrons. The zero-order valence-electron chi connectivity index (χ0n) is 13.6. The van der Waals surface area contributed by atoms with Crippen molar-refractivity contribution in [3.63, 3.8) is 0 Å². The maximum atomic E-state index is 3.75. The first-order chi connectivity index (χ1) is 10.2. The van der Waals surface area contributed by atoms with Crippen LogP contribution in [-0.4, -0.2) is 31.1 Å². The lowest BCUT2D eigenvalue weighted by atomic mass is 9.79. The molecular weight excluding hydrogens is 256 g/mol. The van der Waals surface area contributed by atoms with Crippen molar-refractivity contribution in [1.82, 2.24) is 10.2 Å². The lowest BCUT2D eigenvalue weighted by molar-refractivity contribution is 0.0976. The average molecular weight is 286 g/mol. The van der Waals surface area contributed by atoms with Crippen LogP contribution < -0.4 is 5.32 Å². The first-order valence-electron chi connectivity index (χ1n) is 8.70. The van der Waals surface area contributed by atoms with Crippen molar-refractivity contribution in [3.8, 4) is 0 Å². The fourth-order valence-corrected chi connectivity index (χ4v) is 4.22. The molecule has 0 radical (unpaired) electrons. The number of nitrogens with zero attached hydrogens (tertiary/aromatic N) is 1. The topological polar surface area (TPSA) is 15.3 Å². The number of rotatable bonds is 3.